The molecule has 8 nitrogen and oxygen atoms in total. The van der Waals surface area contributed by atoms with Crippen molar-refractivity contribution in [1.82, 2.24) is 20.3 Å². The second-order valence-electron chi connectivity index (χ2n) is 7.66. The molecule has 0 unspecified atom stereocenters. The number of aryl methyl sites for hydroxylation is 1. The summed E-state index contributed by atoms with van der Waals surface area (Å²) in [7, 11) is 0. The average molecular weight is 461 g/mol. The van der Waals surface area contributed by atoms with E-state index in [2.05, 4.69) is 20.3 Å². The van der Waals surface area contributed by atoms with Gasteiger partial charge in [-0.25, -0.2) is 4.98 Å². The summed E-state index contributed by atoms with van der Waals surface area (Å²) in [6.45, 7) is 2.24. The number of pyridine rings is 3. The molecule has 0 atom stereocenters. The first-order valence-corrected chi connectivity index (χ1v) is 10.5. The summed E-state index contributed by atoms with van der Waals surface area (Å²) < 4.78 is 0. The largest absolute Gasteiger partial charge is 0.384 e. The standard InChI is InChI=1S/C24H21ClN6O2/c1-13-4-21(26)29-10-18(13)11-31-24(33)14-2-3-28-20(8-14)9-16-6-17(23(27)32)5-15-7-19(25)12-30-22(15)16/h2-8,10,12H,9,11H2,1H3,(H2,26,29)(H2,27,32)(H,31,33). The maximum absolute atomic E-state index is 12.7. The molecule has 0 aliphatic rings. The summed E-state index contributed by atoms with van der Waals surface area (Å²) in [4.78, 5) is 37.4. The van der Waals surface area contributed by atoms with Crippen molar-refractivity contribution < 1.29 is 9.59 Å². The van der Waals surface area contributed by atoms with E-state index in [1.54, 1.807) is 55.0 Å². The van der Waals surface area contributed by atoms with Crippen molar-refractivity contribution in [3.8, 4) is 0 Å². The van der Waals surface area contributed by atoms with Gasteiger partial charge >= 0.3 is 0 Å². The number of nitrogens with zero attached hydrogens (tertiary/aromatic N) is 3. The Labute approximate surface area is 195 Å². The van der Waals surface area contributed by atoms with E-state index in [1.807, 2.05) is 6.92 Å². The summed E-state index contributed by atoms with van der Waals surface area (Å²) in [5.74, 6) is -0.353. The van der Waals surface area contributed by atoms with Crippen LogP contribution in [0.3, 0.4) is 0 Å². The maximum Gasteiger partial charge on any atom is 0.251 e. The number of primary amides is 1. The highest BCUT2D eigenvalue weighted by atomic mass is 35.5. The van der Waals surface area contributed by atoms with Crippen LogP contribution in [0.4, 0.5) is 5.82 Å². The third-order valence-corrected chi connectivity index (χ3v) is 5.45. The fourth-order valence-electron chi connectivity index (χ4n) is 3.56. The molecule has 4 rings (SSSR count). The third-order valence-electron chi connectivity index (χ3n) is 5.24. The van der Waals surface area contributed by atoms with Gasteiger partial charge in [-0.3, -0.25) is 19.6 Å². The molecule has 9 heteroatoms. The Morgan fingerprint density at radius 1 is 1.00 bits per heavy atom. The van der Waals surface area contributed by atoms with Gasteiger partial charge in [-0.05, 0) is 60.0 Å². The first kappa shape index (κ1) is 22.2. The van der Waals surface area contributed by atoms with Crippen LogP contribution in [0.15, 0.2) is 55.0 Å². The Bertz CT molecular complexity index is 1390. The van der Waals surface area contributed by atoms with E-state index in [1.165, 1.54) is 0 Å². The molecule has 0 saturated heterocycles. The molecule has 4 aromatic rings. The number of nitrogens with one attached hydrogen (secondary N) is 1. The molecule has 0 spiro atoms. The predicted octanol–water partition coefficient (Wildman–Crippen LogP) is 3.19. The number of nitrogens with two attached hydrogens (primary N) is 2. The lowest BCUT2D eigenvalue weighted by Gasteiger charge is -2.10. The highest BCUT2D eigenvalue weighted by Crippen LogP contribution is 2.24. The number of fused-ring (bicyclic) bond motifs is 1. The van der Waals surface area contributed by atoms with Gasteiger partial charge in [0, 0.05) is 53.8 Å². The smallest absolute Gasteiger partial charge is 0.251 e. The number of hydrogen-bond donors (Lipinski definition) is 3. The lowest BCUT2D eigenvalue weighted by molar-refractivity contribution is 0.0949. The molecular weight excluding hydrogens is 440 g/mol. The molecule has 33 heavy (non-hydrogen) atoms. The van der Waals surface area contributed by atoms with Gasteiger partial charge in [0.25, 0.3) is 5.91 Å². The van der Waals surface area contributed by atoms with Crippen LogP contribution < -0.4 is 16.8 Å². The van der Waals surface area contributed by atoms with E-state index < -0.39 is 5.91 Å². The number of aromatic nitrogens is 3. The molecule has 0 aliphatic heterocycles. The Balaban J connectivity index is 1.57. The lowest BCUT2D eigenvalue weighted by atomic mass is 10.00. The van der Waals surface area contributed by atoms with E-state index in [9.17, 15) is 9.59 Å². The van der Waals surface area contributed by atoms with Gasteiger partial charge in [-0.2, -0.15) is 0 Å². The van der Waals surface area contributed by atoms with Crippen LogP contribution in [-0.4, -0.2) is 26.8 Å². The van der Waals surface area contributed by atoms with E-state index in [0.29, 0.717) is 51.5 Å². The van der Waals surface area contributed by atoms with Crippen molar-refractivity contribution in [3.05, 3.63) is 93.5 Å². The number of amides is 2. The summed E-state index contributed by atoms with van der Waals surface area (Å²) in [5, 5.41) is 4.05. The number of carbonyl (C=O) groups excluding carboxylic acids is 2. The van der Waals surface area contributed by atoms with Gasteiger partial charge in [0.05, 0.1) is 10.5 Å². The molecule has 0 bridgehead atoms. The van der Waals surface area contributed by atoms with Crippen LogP contribution in [0.25, 0.3) is 10.9 Å². The molecule has 3 heterocycles. The zero-order valence-corrected chi connectivity index (χ0v) is 18.6. The third kappa shape index (κ3) is 5.07. The summed E-state index contributed by atoms with van der Waals surface area (Å²) in [6.07, 6.45) is 5.13. The minimum absolute atomic E-state index is 0.240. The highest BCUT2D eigenvalue weighted by Gasteiger charge is 2.13. The quantitative estimate of drug-likeness (QED) is 0.404. The minimum Gasteiger partial charge on any atom is -0.384 e. The zero-order valence-electron chi connectivity index (χ0n) is 17.8. The maximum atomic E-state index is 12.7. The monoisotopic (exact) mass is 460 g/mol. The second kappa shape index (κ2) is 9.22. The van der Waals surface area contributed by atoms with Gasteiger partial charge in [0.2, 0.25) is 5.91 Å². The first-order valence-electron chi connectivity index (χ1n) is 10.1. The van der Waals surface area contributed by atoms with E-state index >= 15 is 0 Å². The van der Waals surface area contributed by atoms with Crippen molar-refractivity contribution in [1.29, 1.82) is 0 Å². The van der Waals surface area contributed by atoms with Gasteiger partial charge in [0.1, 0.15) is 5.82 Å². The van der Waals surface area contributed by atoms with E-state index in [4.69, 9.17) is 23.1 Å². The highest BCUT2D eigenvalue weighted by molar-refractivity contribution is 6.31. The van der Waals surface area contributed by atoms with Crippen LogP contribution in [0, 0.1) is 6.92 Å². The predicted molar refractivity (Wildman–Crippen MR) is 127 cm³/mol. The average Bonchev–Trinajstić information content (AvgIpc) is 2.78. The molecule has 2 amide bonds. The fraction of sp³-hybridized carbons (Fsp3) is 0.125. The second-order valence-corrected chi connectivity index (χ2v) is 8.09. The van der Waals surface area contributed by atoms with Crippen molar-refractivity contribution in [2.75, 3.05) is 5.73 Å². The lowest BCUT2D eigenvalue weighted by Crippen LogP contribution is -2.23. The topological polar surface area (TPSA) is 137 Å². The minimum atomic E-state index is -0.549. The normalized spacial score (nSPS) is 10.8. The molecule has 0 saturated carbocycles. The Morgan fingerprint density at radius 3 is 2.58 bits per heavy atom. The number of anilines is 1. The van der Waals surface area contributed by atoms with Crippen LogP contribution in [0.2, 0.25) is 5.02 Å². The molecule has 3 aromatic heterocycles. The Morgan fingerprint density at radius 2 is 1.82 bits per heavy atom. The molecule has 0 radical (unpaired) electrons. The zero-order chi connectivity index (χ0) is 23.5. The SMILES string of the molecule is Cc1cc(N)ncc1CNC(=O)c1ccnc(Cc2cc(C(N)=O)cc3cc(Cl)cnc23)c1. The summed E-state index contributed by atoms with van der Waals surface area (Å²) >= 11 is 6.06. The summed E-state index contributed by atoms with van der Waals surface area (Å²) in [5.41, 5.74) is 15.9. The van der Waals surface area contributed by atoms with Gasteiger partial charge in [0.15, 0.2) is 0 Å². The molecule has 0 fully saturated rings. The van der Waals surface area contributed by atoms with Gasteiger partial charge in [-0.15, -0.1) is 0 Å². The van der Waals surface area contributed by atoms with Crippen molar-refractivity contribution in [3.63, 3.8) is 0 Å². The molecule has 5 N–H and O–H groups in total. The Hall–Kier alpha value is -4.04. The fourth-order valence-corrected chi connectivity index (χ4v) is 3.72. The number of halogens is 1. The molecular formula is C24H21ClN6O2. The summed E-state index contributed by atoms with van der Waals surface area (Å²) in [6, 6.07) is 10.2. The van der Waals surface area contributed by atoms with Crippen LogP contribution in [0.1, 0.15) is 43.1 Å². The van der Waals surface area contributed by atoms with E-state index in [-0.39, 0.29) is 5.91 Å². The van der Waals surface area contributed by atoms with Gasteiger partial charge in [-0.1, -0.05) is 11.6 Å². The Kier molecular flexibility index (Phi) is 6.19. The van der Waals surface area contributed by atoms with Crippen molar-refractivity contribution in [2.45, 2.75) is 19.9 Å². The molecule has 1 aromatic carbocycles. The van der Waals surface area contributed by atoms with Crippen LogP contribution in [-0.2, 0) is 13.0 Å². The first-order chi connectivity index (χ1) is 15.8. The van der Waals surface area contributed by atoms with Crippen molar-refractivity contribution in [2.24, 2.45) is 5.73 Å². The number of rotatable bonds is 6. The molecule has 166 valence electrons. The van der Waals surface area contributed by atoms with Crippen molar-refractivity contribution >= 4 is 40.1 Å². The number of hydrogen-bond acceptors (Lipinski definition) is 6. The molecule has 0 aliphatic carbocycles. The van der Waals surface area contributed by atoms with Gasteiger partial charge < -0.3 is 16.8 Å². The van der Waals surface area contributed by atoms with E-state index in [0.717, 1.165) is 16.7 Å². The number of benzene rings is 1. The number of nitrogen functional groups attached to an aromatic ring is 1. The van der Waals surface area contributed by atoms with Crippen LogP contribution in [0.5, 0.6) is 0 Å². The number of carbonyl (C=O) groups is 2. The van der Waals surface area contributed by atoms with Crippen LogP contribution >= 0.6 is 11.6 Å².